The van der Waals surface area contributed by atoms with E-state index in [1.807, 2.05) is 12.1 Å². The van der Waals surface area contributed by atoms with Crippen molar-refractivity contribution >= 4 is 39.6 Å². The van der Waals surface area contributed by atoms with Crippen molar-refractivity contribution in [3.8, 4) is 6.07 Å². The van der Waals surface area contributed by atoms with Gasteiger partial charge >= 0.3 is 0 Å². The molecule has 7 heteroatoms. The van der Waals surface area contributed by atoms with Gasteiger partial charge in [-0.05, 0) is 58.6 Å². The highest BCUT2D eigenvalue weighted by molar-refractivity contribution is 9.10. The lowest BCUT2D eigenvalue weighted by atomic mass is 9.96. The van der Waals surface area contributed by atoms with Crippen LogP contribution in [-0.4, -0.2) is 34.8 Å². The molecule has 1 N–H and O–H groups in total. The van der Waals surface area contributed by atoms with E-state index in [-0.39, 0.29) is 17.7 Å². The minimum atomic E-state index is -0.141. The molecule has 28 heavy (non-hydrogen) atoms. The number of aromatic nitrogens is 1. The molecule has 1 aromatic carbocycles. The maximum absolute atomic E-state index is 12.4. The van der Waals surface area contributed by atoms with Gasteiger partial charge in [0.05, 0.1) is 11.6 Å². The zero-order chi connectivity index (χ0) is 19.9. The summed E-state index contributed by atoms with van der Waals surface area (Å²) in [6, 6.07) is 12.8. The third kappa shape index (κ3) is 5.05. The molecule has 0 atom stereocenters. The Bertz CT molecular complexity index is 926. The van der Waals surface area contributed by atoms with Crippen molar-refractivity contribution in [1.29, 1.82) is 5.26 Å². The molecular formula is C21H19BrN4O2. The number of carbonyl (C=O) groups excluding carboxylic acids is 2. The molecule has 0 unspecified atom stereocenters. The molecule has 0 saturated carbocycles. The van der Waals surface area contributed by atoms with Gasteiger partial charge in [-0.2, -0.15) is 5.26 Å². The number of benzene rings is 1. The largest absolute Gasteiger partial charge is 0.339 e. The van der Waals surface area contributed by atoms with Crippen LogP contribution in [0.5, 0.6) is 0 Å². The van der Waals surface area contributed by atoms with Gasteiger partial charge in [0.15, 0.2) is 0 Å². The lowest BCUT2D eigenvalue weighted by Gasteiger charge is -2.30. The fourth-order valence-corrected chi connectivity index (χ4v) is 3.29. The Morgan fingerprint density at radius 2 is 1.96 bits per heavy atom. The second-order valence-corrected chi connectivity index (χ2v) is 7.40. The van der Waals surface area contributed by atoms with E-state index in [0.717, 1.165) is 10.0 Å². The number of likely N-dealkylation sites (tertiary alicyclic amines) is 1. The number of piperidine rings is 1. The summed E-state index contributed by atoms with van der Waals surface area (Å²) < 4.78 is 0.850. The second kappa shape index (κ2) is 9.29. The van der Waals surface area contributed by atoms with Crippen LogP contribution >= 0.6 is 15.9 Å². The van der Waals surface area contributed by atoms with Crippen LogP contribution in [0.15, 0.2) is 53.1 Å². The molecule has 142 valence electrons. The third-order valence-corrected chi connectivity index (χ3v) is 5.11. The molecule has 2 heterocycles. The van der Waals surface area contributed by atoms with Crippen LogP contribution in [0.4, 0.5) is 5.82 Å². The minimum absolute atomic E-state index is 0.0691. The summed E-state index contributed by atoms with van der Waals surface area (Å²) in [5.74, 6) is 0.199. The number of nitrogens with one attached hydrogen (secondary N) is 1. The molecule has 1 aromatic heterocycles. The fraction of sp³-hybridized carbons (Fsp3) is 0.238. The van der Waals surface area contributed by atoms with Gasteiger partial charge in [0, 0.05) is 35.8 Å². The second-order valence-electron chi connectivity index (χ2n) is 6.48. The van der Waals surface area contributed by atoms with Crippen molar-refractivity contribution in [3.63, 3.8) is 0 Å². The van der Waals surface area contributed by atoms with Gasteiger partial charge < -0.3 is 10.2 Å². The number of nitrogens with zero attached hydrogens (tertiary/aromatic N) is 3. The fourth-order valence-electron chi connectivity index (χ4n) is 3.05. The topological polar surface area (TPSA) is 86.1 Å². The van der Waals surface area contributed by atoms with Crippen molar-refractivity contribution in [1.82, 2.24) is 9.88 Å². The zero-order valence-corrected chi connectivity index (χ0v) is 16.7. The molecule has 0 spiro atoms. The zero-order valence-electron chi connectivity index (χ0n) is 15.1. The lowest BCUT2D eigenvalue weighted by Crippen LogP contribution is -2.40. The lowest BCUT2D eigenvalue weighted by molar-refractivity contribution is -0.130. The average molecular weight is 439 g/mol. The minimum Gasteiger partial charge on any atom is -0.339 e. The maximum Gasteiger partial charge on any atom is 0.246 e. The predicted octanol–water partition coefficient (Wildman–Crippen LogP) is 3.61. The summed E-state index contributed by atoms with van der Waals surface area (Å²) in [6.07, 6.45) is 6.00. The van der Waals surface area contributed by atoms with Crippen molar-refractivity contribution in [3.05, 3.63) is 64.3 Å². The Balaban J connectivity index is 1.52. The van der Waals surface area contributed by atoms with E-state index in [4.69, 9.17) is 5.26 Å². The average Bonchev–Trinajstić information content (AvgIpc) is 2.74. The monoisotopic (exact) mass is 438 g/mol. The Kier molecular flexibility index (Phi) is 6.56. The van der Waals surface area contributed by atoms with Gasteiger partial charge in [-0.25, -0.2) is 4.98 Å². The van der Waals surface area contributed by atoms with Crippen LogP contribution in [-0.2, 0) is 9.59 Å². The summed E-state index contributed by atoms with van der Waals surface area (Å²) in [5.41, 5.74) is 1.25. The number of rotatable bonds is 4. The molecule has 0 bridgehead atoms. The van der Waals surface area contributed by atoms with Crippen LogP contribution in [0, 0.1) is 17.2 Å². The van der Waals surface area contributed by atoms with Gasteiger partial charge in [-0.3, -0.25) is 9.59 Å². The van der Waals surface area contributed by atoms with E-state index in [1.54, 1.807) is 41.4 Å². The Hall–Kier alpha value is -2.98. The van der Waals surface area contributed by atoms with Crippen LogP contribution in [0.1, 0.15) is 24.0 Å². The van der Waals surface area contributed by atoms with E-state index in [9.17, 15) is 9.59 Å². The Labute approximate surface area is 172 Å². The van der Waals surface area contributed by atoms with E-state index in [0.29, 0.717) is 37.3 Å². The number of carbonyl (C=O) groups is 2. The summed E-state index contributed by atoms with van der Waals surface area (Å²) in [6.45, 7) is 1.05. The molecule has 6 nitrogen and oxygen atoms in total. The highest BCUT2D eigenvalue weighted by Crippen LogP contribution is 2.20. The Morgan fingerprint density at radius 1 is 1.21 bits per heavy atom. The van der Waals surface area contributed by atoms with Gasteiger partial charge in [0.1, 0.15) is 5.82 Å². The van der Waals surface area contributed by atoms with E-state index in [2.05, 4.69) is 32.3 Å². The van der Waals surface area contributed by atoms with Crippen molar-refractivity contribution in [2.24, 2.45) is 5.92 Å². The highest BCUT2D eigenvalue weighted by Gasteiger charge is 2.26. The summed E-state index contributed by atoms with van der Waals surface area (Å²) in [7, 11) is 0. The number of nitriles is 1. The first kappa shape index (κ1) is 19.8. The number of amides is 2. The molecule has 1 saturated heterocycles. The number of hydrogen-bond acceptors (Lipinski definition) is 4. The van der Waals surface area contributed by atoms with Gasteiger partial charge in [-0.15, -0.1) is 0 Å². The van der Waals surface area contributed by atoms with Crippen molar-refractivity contribution < 1.29 is 9.59 Å². The summed E-state index contributed by atoms with van der Waals surface area (Å²) in [5, 5.41) is 11.9. The first-order valence-corrected chi connectivity index (χ1v) is 9.74. The smallest absolute Gasteiger partial charge is 0.246 e. The highest BCUT2D eigenvalue weighted by atomic mass is 79.9. The Morgan fingerprint density at radius 3 is 2.64 bits per heavy atom. The van der Waals surface area contributed by atoms with Crippen LogP contribution < -0.4 is 5.32 Å². The maximum atomic E-state index is 12.4. The quantitative estimate of drug-likeness (QED) is 0.738. The molecule has 2 aromatic rings. The molecule has 0 aliphatic carbocycles. The SMILES string of the molecule is N#Cc1ccccc1/C=C/C(=O)N1CCC(C(=O)Nc2ccc(Br)cn2)CC1. The predicted molar refractivity (Wildman–Crippen MR) is 110 cm³/mol. The van der Waals surface area contributed by atoms with Gasteiger partial charge in [0.2, 0.25) is 11.8 Å². The third-order valence-electron chi connectivity index (χ3n) is 4.64. The van der Waals surface area contributed by atoms with Crippen molar-refractivity contribution in [2.45, 2.75) is 12.8 Å². The molecule has 0 radical (unpaired) electrons. The molecule has 3 rings (SSSR count). The van der Waals surface area contributed by atoms with Crippen LogP contribution in [0.2, 0.25) is 0 Å². The van der Waals surface area contributed by atoms with Crippen LogP contribution in [0.3, 0.4) is 0 Å². The molecular weight excluding hydrogens is 420 g/mol. The molecule has 2 amide bonds. The van der Waals surface area contributed by atoms with E-state index >= 15 is 0 Å². The number of anilines is 1. The molecule has 1 aliphatic heterocycles. The molecule has 1 aliphatic rings. The summed E-state index contributed by atoms with van der Waals surface area (Å²) >= 11 is 3.31. The van der Waals surface area contributed by atoms with Crippen molar-refractivity contribution in [2.75, 3.05) is 18.4 Å². The van der Waals surface area contributed by atoms with Gasteiger partial charge in [0.25, 0.3) is 0 Å². The number of halogens is 1. The van der Waals surface area contributed by atoms with Gasteiger partial charge in [-0.1, -0.05) is 18.2 Å². The first-order chi connectivity index (χ1) is 13.6. The number of hydrogen-bond donors (Lipinski definition) is 1. The van der Waals surface area contributed by atoms with E-state index < -0.39 is 0 Å². The van der Waals surface area contributed by atoms with Crippen LogP contribution in [0.25, 0.3) is 6.08 Å². The van der Waals surface area contributed by atoms with E-state index in [1.165, 1.54) is 6.08 Å². The normalized spacial score (nSPS) is 14.6. The molecule has 1 fully saturated rings. The standard InChI is InChI=1S/C21H19BrN4O2/c22-18-6-7-19(24-14-18)25-21(28)16-9-11-26(12-10-16)20(27)8-5-15-3-1-2-4-17(15)13-23/h1-8,14,16H,9-12H2,(H,24,25,28)/b8-5+. The first-order valence-electron chi connectivity index (χ1n) is 8.95. The number of pyridine rings is 1. The summed E-state index contributed by atoms with van der Waals surface area (Å²) in [4.78, 5) is 30.7.